The molecule has 4 rings (SSSR count). The van der Waals surface area contributed by atoms with E-state index in [1.54, 1.807) is 18.3 Å². The summed E-state index contributed by atoms with van der Waals surface area (Å²) in [5, 5.41) is 2.81. The number of amides is 3. The summed E-state index contributed by atoms with van der Waals surface area (Å²) in [4.78, 5) is 60.4. The Balaban J connectivity index is 1.63. The summed E-state index contributed by atoms with van der Waals surface area (Å²) in [6, 6.07) is 16.6. The zero-order valence-corrected chi connectivity index (χ0v) is 22.9. The third-order valence-electron chi connectivity index (χ3n) is 6.66. The Labute approximate surface area is 233 Å². The zero-order chi connectivity index (χ0) is 28.6. The maximum Gasteiger partial charge on any atom is 0.255 e. The minimum atomic E-state index is -0.934. The number of hydrogen-bond acceptors (Lipinski definition) is 7. The van der Waals surface area contributed by atoms with Crippen LogP contribution in [0.3, 0.4) is 0 Å². The second kappa shape index (κ2) is 13.2. The number of carbonyl (C=O) groups is 4. The largest absolute Gasteiger partial charge is 0.473 e. The van der Waals surface area contributed by atoms with Crippen LogP contribution in [0.1, 0.15) is 25.0 Å². The number of methoxy groups -OCH3 is 1. The van der Waals surface area contributed by atoms with Crippen LogP contribution < -0.4 is 5.32 Å². The number of ketones is 1. The van der Waals surface area contributed by atoms with Gasteiger partial charge in [-0.3, -0.25) is 24.1 Å². The molecule has 3 amide bonds. The van der Waals surface area contributed by atoms with E-state index < -0.39 is 29.7 Å². The van der Waals surface area contributed by atoms with E-state index in [-0.39, 0.29) is 37.3 Å². The van der Waals surface area contributed by atoms with Crippen LogP contribution in [0.15, 0.2) is 71.9 Å². The van der Waals surface area contributed by atoms with Gasteiger partial charge in [0, 0.05) is 19.7 Å². The molecule has 2 heterocycles. The average molecular weight is 547 g/mol. The van der Waals surface area contributed by atoms with Crippen molar-refractivity contribution in [3.05, 3.63) is 78.0 Å². The number of hydrogen-bond donors (Lipinski definition) is 1. The van der Waals surface area contributed by atoms with E-state index in [2.05, 4.69) is 10.3 Å². The maximum atomic E-state index is 13.9. The molecule has 0 aromatic heterocycles. The first-order chi connectivity index (χ1) is 19.3. The minimum Gasteiger partial charge on any atom is -0.473 e. The Morgan fingerprint density at radius 2 is 1.75 bits per heavy atom. The molecule has 2 aliphatic rings. The van der Waals surface area contributed by atoms with E-state index in [4.69, 9.17) is 9.47 Å². The van der Waals surface area contributed by atoms with Gasteiger partial charge in [-0.1, -0.05) is 74.5 Å². The minimum absolute atomic E-state index is 0.00711. The Bertz CT molecular complexity index is 1290. The van der Waals surface area contributed by atoms with E-state index in [9.17, 15) is 19.2 Å². The molecule has 0 saturated carbocycles. The van der Waals surface area contributed by atoms with Crippen LogP contribution in [0.25, 0.3) is 5.70 Å². The molecule has 0 aliphatic carbocycles. The number of Topliss-reactive ketones (excluding diaryl/α,β-unsaturated/α-hetero) is 1. The van der Waals surface area contributed by atoms with Crippen molar-refractivity contribution in [3.63, 3.8) is 0 Å². The second-order valence-electron chi connectivity index (χ2n) is 9.94. The van der Waals surface area contributed by atoms with E-state index in [0.717, 1.165) is 5.56 Å². The van der Waals surface area contributed by atoms with Gasteiger partial charge in [-0.25, -0.2) is 4.99 Å². The number of nitrogens with zero attached hydrogens (tertiary/aromatic N) is 3. The quantitative estimate of drug-likeness (QED) is 0.461. The van der Waals surface area contributed by atoms with Gasteiger partial charge in [0.1, 0.15) is 31.8 Å². The van der Waals surface area contributed by atoms with E-state index in [1.165, 1.54) is 16.9 Å². The van der Waals surface area contributed by atoms with Crippen LogP contribution in [-0.4, -0.2) is 84.7 Å². The SMILES string of the molecule is COCC(=O)N1C=C(c2ccccc2)N(CC(=O)N[C@@H](Cc2ccccc2)C(=O)C2=NCCO2)C(=O)C1C(C)C. The predicted molar refractivity (Wildman–Crippen MR) is 149 cm³/mol. The van der Waals surface area contributed by atoms with Gasteiger partial charge in [-0.2, -0.15) is 0 Å². The van der Waals surface area contributed by atoms with Gasteiger partial charge < -0.3 is 19.7 Å². The summed E-state index contributed by atoms with van der Waals surface area (Å²) >= 11 is 0. The van der Waals surface area contributed by atoms with Gasteiger partial charge >= 0.3 is 0 Å². The monoisotopic (exact) mass is 546 g/mol. The van der Waals surface area contributed by atoms with E-state index in [0.29, 0.717) is 24.4 Å². The molecule has 2 aromatic rings. The molecule has 2 atom stereocenters. The average Bonchev–Trinajstić information content (AvgIpc) is 3.49. The number of ether oxygens (including phenoxy) is 2. The molecule has 1 N–H and O–H groups in total. The van der Waals surface area contributed by atoms with E-state index in [1.807, 2.05) is 62.4 Å². The van der Waals surface area contributed by atoms with Crippen molar-refractivity contribution in [2.24, 2.45) is 10.9 Å². The highest BCUT2D eigenvalue weighted by Gasteiger charge is 2.41. The fourth-order valence-corrected chi connectivity index (χ4v) is 4.79. The lowest BCUT2D eigenvalue weighted by Gasteiger charge is -2.41. The molecule has 0 radical (unpaired) electrons. The first-order valence-electron chi connectivity index (χ1n) is 13.2. The van der Waals surface area contributed by atoms with Crippen LogP contribution in [-0.2, 0) is 35.1 Å². The van der Waals surface area contributed by atoms with Crippen LogP contribution in [0.4, 0.5) is 0 Å². The highest BCUT2D eigenvalue weighted by Crippen LogP contribution is 2.30. The highest BCUT2D eigenvalue weighted by atomic mass is 16.5. The molecule has 0 bridgehead atoms. The number of aliphatic imine (C=N–C) groups is 1. The lowest BCUT2D eigenvalue weighted by atomic mass is 9.97. The van der Waals surface area contributed by atoms with Gasteiger partial charge in [0.15, 0.2) is 0 Å². The van der Waals surface area contributed by atoms with Gasteiger partial charge in [-0.05, 0) is 17.0 Å². The summed E-state index contributed by atoms with van der Waals surface area (Å²) in [7, 11) is 1.42. The van der Waals surface area contributed by atoms with Gasteiger partial charge in [0.05, 0.1) is 12.2 Å². The molecule has 0 spiro atoms. The smallest absolute Gasteiger partial charge is 0.255 e. The lowest BCUT2D eigenvalue weighted by molar-refractivity contribution is -0.147. The number of benzene rings is 2. The Morgan fingerprint density at radius 1 is 1.07 bits per heavy atom. The summed E-state index contributed by atoms with van der Waals surface area (Å²) < 4.78 is 10.4. The fraction of sp³-hybridized carbons (Fsp3) is 0.367. The van der Waals surface area contributed by atoms with Crippen LogP contribution in [0.5, 0.6) is 0 Å². The van der Waals surface area contributed by atoms with Crippen molar-refractivity contribution < 1.29 is 28.7 Å². The Morgan fingerprint density at radius 3 is 2.35 bits per heavy atom. The van der Waals surface area contributed by atoms with Crippen molar-refractivity contribution in [3.8, 4) is 0 Å². The molecular formula is C30H34N4O6. The summed E-state index contributed by atoms with van der Waals surface area (Å²) in [5.41, 5.74) is 1.91. The summed E-state index contributed by atoms with van der Waals surface area (Å²) in [5.74, 6) is -1.95. The zero-order valence-electron chi connectivity index (χ0n) is 22.9. The number of carbonyl (C=O) groups excluding carboxylic acids is 4. The van der Waals surface area contributed by atoms with Gasteiger partial charge in [0.25, 0.3) is 17.7 Å². The van der Waals surface area contributed by atoms with Crippen molar-refractivity contribution in [2.45, 2.75) is 32.4 Å². The molecular weight excluding hydrogens is 512 g/mol. The number of rotatable bonds is 11. The van der Waals surface area contributed by atoms with Crippen molar-refractivity contribution in [2.75, 3.05) is 33.4 Å². The molecule has 0 fully saturated rings. The summed E-state index contributed by atoms with van der Waals surface area (Å²) in [6.45, 7) is 3.84. The third-order valence-corrected chi connectivity index (χ3v) is 6.66. The Kier molecular flexibility index (Phi) is 9.44. The normalized spacial score (nSPS) is 17.7. The van der Waals surface area contributed by atoms with Crippen molar-refractivity contribution in [1.29, 1.82) is 0 Å². The molecule has 10 heteroatoms. The number of nitrogens with one attached hydrogen (secondary N) is 1. The predicted octanol–water partition coefficient (Wildman–Crippen LogP) is 2.05. The van der Waals surface area contributed by atoms with Crippen LogP contribution >= 0.6 is 0 Å². The fourth-order valence-electron chi connectivity index (χ4n) is 4.79. The molecule has 2 aromatic carbocycles. The second-order valence-corrected chi connectivity index (χ2v) is 9.94. The highest BCUT2D eigenvalue weighted by molar-refractivity contribution is 6.39. The topological polar surface area (TPSA) is 118 Å². The standard InChI is InChI=1S/C30H34N4O6/c1-20(2)27-30(38)33(24(22-12-8-5-9-13-22)17-34(27)26(36)19-39-3)18-25(35)32-23(16-21-10-6-4-7-11-21)28(37)29-31-14-15-40-29/h4-13,17,20,23,27H,14-16,18-19H2,1-3H3,(H,32,35)/t23-,27?/m0/s1. The van der Waals surface area contributed by atoms with Crippen LogP contribution in [0.2, 0.25) is 0 Å². The molecule has 2 aliphatic heterocycles. The molecule has 40 heavy (non-hydrogen) atoms. The maximum absolute atomic E-state index is 13.9. The molecule has 210 valence electrons. The third kappa shape index (κ3) is 6.63. The lowest BCUT2D eigenvalue weighted by Crippen LogP contribution is -2.57. The molecule has 1 unspecified atom stereocenters. The van der Waals surface area contributed by atoms with Gasteiger partial charge in [0.2, 0.25) is 11.7 Å². The summed E-state index contributed by atoms with van der Waals surface area (Å²) in [6.07, 6.45) is 1.83. The first kappa shape index (κ1) is 28.7. The Hall–Kier alpha value is -4.31. The first-order valence-corrected chi connectivity index (χ1v) is 13.2. The van der Waals surface area contributed by atoms with Gasteiger partial charge in [-0.15, -0.1) is 0 Å². The molecule has 10 nitrogen and oxygen atoms in total. The van der Waals surface area contributed by atoms with Crippen molar-refractivity contribution >= 4 is 35.1 Å². The van der Waals surface area contributed by atoms with Crippen LogP contribution in [0, 0.1) is 5.92 Å². The molecule has 0 saturated heterocycles. The van der Waals surface area contributed by atoms with Crippen molar-refractivity contribution in [1.82, 2.24) is 15.1 Å². The van der Waals surface area contributed by atoms with E-state index >= 15 is 0 Å².